The Morgan fingerprint density at radius 2 is 1.58 bits per heavy atom. The fourth-order valence-corrected chi connectivity index (χ4v) is 3.16. The summed E-state index contributed by atoms with van der Waals surface area (Å²) in [5, 5.41) is 7.59. The minimum atomic E-state index is -0.0348. The van der Waals surface area contributed by atoms with Gasteiger partial charge in [-0.15, -0.1) is 0 Å². The molecule has 134 valence electrons. The molecule has 0 unspecified atom stereocenters. The summed E-state index contributed by atoms with van der Waals surface area (Å²) in [6.45, 7) is 5.19. The van der Waals surface area contributed by atoms with E-state index in [0.717, 1.165) is 24.2 Å². The zero-order valence-electron chi connectivity index (χ0n) is 15.4. The number of benzene rings is 2. The lowest BCUT2D eigenvalue weighted by Crippen LogP contribution is -2.26. The van der Waals surface area contributed by atoms with E-state index < -0.39 is 0 Å². The van der Waals surface area contributed by atoms with Gasteiger partial charge in [-0.25, -0.2) is 0 Å². The van der Waals surface area contributed by atoms with Gasteiger partial charge in [0.1, 0.15) is 0 Å². The molecule has 0 fully saturated rings. The van der Waals surface area contributed by atoms with Crippen LogP contribution in [0.5, 0.6) is 0 Å². The van der Waals surface area contributed by atoms with Crippen LogP contribution in [0.1, 0.15) is 39.3 Å². The molecule has 0 aliphatic heterocycles. The third kappa shape index (κ3) is 4.39. The summed E-state index contributed by atoms with van der Waals surface area (Å²) in [5.74, 6) is -0.0348. The number of hydrogen-bond donors (Lipinski definition) is 1. The SMILES string of the molecule is Cc1nn(Cc2ccccc2)c(C)c1C(=O)NCCCc1ccccc1. The van der Waals surface area contributed by atoms with Crippen LogP contribution < -0.4 is 5.32 Å². The Hall–Kier alpha value is -2.88. The third-order valence-electron chi connectivity index (χ3n) is 4.55. The van der Waals surface area contributed by atoms with Crippen LogP contribution in [0.25, 0.3) is 0 Å². The van der Waals surface area contributed by atoms with Crippen molar-refractivity contribution in [3.05, 3.63) is 88.7 Å². The van der Waals surface area contributed by atoms with Crippen molar-refractivity contribution in [1.29, 1.82) is 0 Å². The second-order valence-corrected chi connectivity index (χ2v) is 6.53. The topological polar surface area (TPSA) is 46.9 Å². The van der Waals surface area contributed by atoms with Gasteiger partial charge in [0.2, 0.25) is 0 Å². The molecule has 1 N–H and O–H groups in total. The molecule has 3 aromatic rings. The van der Waals surface area contributed by atoms with Crippen LogP contribution in [-0.4, -0.2) is 22.2 Å². The highest BCUT2D eigenvalue weighted by Gasteiger charge is 2.18. The summed E-state index contributed by atoms with van der Waals surface area (Å²) in [6.07, 6.45) is 1.89. The molecule has 0 aliphatic carbocycles. The summed E-state index contributed by atoms with van der Waals surface area (Å²) < 4.78 is 1.91. The molecule has 0 aliphatic rings. The van der Waals surface area contributed by atoms with Crippen molar-refractivity contribution in [2.75, 3.05) is 6.54 Å². The molecule has 0 saturated heterocycles. The Kier molecular flexibility index (Phi) is 5.84. The van der Waals surface area contributed by atoms with Gasteiger partial charge in [-0.05, 0) is 37.8 Å². The number of aryl methyl sites for hydroxylation is 2. The van der Waals surface area contributed by atoms with Gasteiger partial charge in [0.15, 0.2) is 0 Å². The number of carbonyl (C=O) groups excluding carboxylic acids is 1. The Labute approximate surface area is 154 Å². The van der Waals surface area contributed by atoms with Crippen LogP contribution in [0.15, 0.2) is 60.7 Å². The maximum Gasteiger partial charge on any atom is 0.255 e. The highest BCUT2D eigenvalue weighted by Crippen LogP contribution is 2.15. The van der Waals surface area contributed by atoms with E-state index in [1.165, 1.54) is 11.1 Å². The minimum Gasteiger partial charge on any atom is -0.352 e. The van der Waals surface area contributed by atoms with E-state index >= 15 is 0 Å². The number of carbonyl (C=O) groups is 1. The Morgan fingerprint density at radius 1 is 0.962 bits per heavy atom. The van der Waals surface area contributed by atoms with Crippen molar-refractivity contribution < 1.29 is 4.79 Å². The lowest BCUT2D eigenvalue weighted by atomic mass is 10.1. The van der Waals surface area contributed by atoms with E-state index in [4.69, 9.17) is 0 Å². The van der Waals surface area contributed by atoms with Crippen LogP contribution in [-0.2, 0) is 13.0 Å². The van der Waals surface area contributed by atoms with Gasteiger partial charge in [-0.2, -0.15) is 5.10 Å². The molecule has 0 spiro atoms. The van der Waals surface area contributed by atoms with Gasteiger partial charge in [0.05, 0.1) is 17.8 Å². The number of rotatable bonds is 7. The first kappa shape index (κ1) is 17.9. The fourth-order valence-electron chi connectivity index (χ4n) is 3.16. The van der Waals surface area contributed by atoms with Crippen LogP contribution in [0, 0.1) is 13.8 Å². The van der Waals surface area contributed by atoms with Crippen molar-refractivity contribution in [3.8, 4) is 0 Å². The van der Waals surface area contributed by atoms with Gasteiger partial charge in [0.25, 0.3) is 5.91 Å². The molecule has 2 aromatic carbocycles. The molecule has 1 aromatic heterocycles. The average Bonchev–Trinajstić information content (AvgIpc) is 2.94. The van der Waals surface area contributed by atoms with Crippen LogP contribution >= 0.6 is 0 Å². The number of nitrogens with one attached hydrogen (secondary N) is 1. The molecule has 1 heterocycles. The van der Waals surface area contributed by atoms with Crippen molar-refractivity contribution in [3.63, 3.8) is 0 Å². The zero-order valence-corrected chi connectivity index (χ0v) is 15.4. The van der Waals surface area contributed by atoms with Crippen molar-refractivity contribution in [1.82, 2.24) is 15.1 Å². The zero-order chi connectivity index (χ0) is 18.4. The summed E-state index contributed by atoms with van der Waals surface area (Å²) in [6, 6.07) is 20.5. The molecule has 0 bridgehead atoms. The van der Waals surface area contributed by atoms with E-state index in [2.05, 4.69) is 34.7 Å². The van der Waals surface area contributed by atoms with E-state index in [0.29, 0.717) is 18.7 Å². The van der Waals surface area contributed by atoms with Crippen molar-refractivity contribution >= 4 is 5.91 Å². The second kappa shape index (κ2) is 8.48. The molecule has 3 rings (SSSR count). The Morgan fingerprint density at radius 3 is 2.23 bits per heavy atom. The first-order chi connectivity index (χ1) is 12.6. The summed E-state index contributed by atoms with van der Waals surface area (Å²) >= 11 is 0. The predicted molar refractivity (Wildman–Crippen MR) is 104 cm³/mol. The summed E-state index contributed by atoms with van der Waals surface area (Å²) in [4.78, 5) is 12.6. The number of hydrogen-bond acceptors (Lipinski definition) is 2. The molecule has 26 heavy (non-hydrogen) atoms. The number of amides is 1. The van der Waals surface area contributed by atoms with Gasteiger partial charge < -0.3 is 5.32 Å². The lowest BCUT2D eigenvalue weighted by molar-refractivity contribution is 0.0952. The monoisotopic (exact) mass is 347 g/mol. The standard InChI is InChI=1S/C22H25N3O/c1-17-21(18(2)25(24-17)16-20-12-7-4-8-13-20)22(26)23-15-9-14-19-10-5-3-6-11-19/h3-8,10-13H,9,14-16H2,1-2H3,(H,23,26). The minimum absolute atomic E-state index is 0.0348. The number of aromatic nitrogens is 2. The molecular formula is C22H25N3O. The molecule has 1 amide bonds. The average molecular weight is 347 g/mol. The highest BCUT2D eigenvalue weighted by atomic mass is 16.1. The number of nitrogens with zero attached hydrogens (tertiary/aromatic N) is 2. The summed E-state index contributed by atoms with van der Waals surface area (Å²) in [5.41, 5.74) is 4.85. The van der Waals surface area contributed by atoms with E-state index in [1.54, 1.807) is 0 Å². The Bertz CT molecular complexity index is 854. The molecule has 0 radical (unpaired) electrons. The third-order valence-corrected chi connectivity index (χ3v) is 4.55. The van der Waals surface area contributed by atoms with Gasteiger partial charge in [-0.3, -0.25) is 9.48 Å². The van der Waals surface area contributed by atoms with E-state index in [1.807, 2.05) is 54.9 Å². The first-order valence-electron chi connectivity index (χ1n) is 9.05. The fraction of sp³-hybridized carbons (Fsp3) is 0.273. The molecule has 0 atom stereocenters. The normalized spacial score (nSPS) is 10.7. The smallest absolute Gasteiger partial charge is 0.255 e. The predicted octanol–water partition coefficient (Wildman–Crippen LogP) is 3.91. The molecule has 4 heteroatoms. The van der Waals surface area contributed by atoms with E-state index in [-0.39, 0.29) is 5.91 Å². The lowest BCUT2D eigenvalue weighted by Gasteiger charge is -2.07. The molecule has 0 saturated carbocycles. The first-order valence-corrected chi connectivity index (χ1v) is 9.05. The second-order valence-electron chi connectivity index (χ2n) is 6.53. The molecular weight excluding hydrogens is 322 g/mol. The van der Waals surface area contributed by atoms with Gasteiger partial charge in [-0.1, -0.05) is 60.7 Å². The van der Waals surface area contributed by atoms with Crippen molar-refractivity contribution in [2.24, 2.45) is 0 Å². The van der Waals surface area contributed by atoms with Crippen LogP contribution in [0.2, 0.25) is 0 Å². The largest absolute Gasteiger partial charge is 0.352 e. The van der Waals surface area contributed by atoms with E-state index in [9.17, 15) is 4.79 Å². The van der Waals surface area contributed by atoms with Gasteiger partial charge >= 0.3 is 0 Å². The summed E-state index contributed by atoms with van der Waals surface area (Å²) in [7, 11) is 0. The highest BCUT2D eigenvalue weighted by molar-refractivity contribution is 5.96. The van der Waals surface area contributed by atoms with Crippen molar-refractivity contribution in [2.45, 2.75) is 33.2 Å². The Balaban J connectivity index is 1.59. The van der Waals surface area contributed by atoms with Crippen LogP contribution in [0.3, 0.4) is 0 Å². The maximum atomic E-state index is 12.6. The van der Waals surface area contributed by atoms with Gasteiger partial charge in [0, 0.05) is 12.2 Å². The maximum absolute atomic E-state index is 12.6. The van der Waals surface area contributed by atoms with Crippen LogP contribution in [0.4, 0.5) is 0 Å². The molecule has 4 nitrogen and oxygen atoms in total. The quantitative estimate of drug-likeness (QED) is 0.659.